The first-order chi connectivity index (χ1) is 44.9. The normalized spacial score (nSPS) is 24.3. The van der Waals surface area contributed by atoms with Crippen molar-refractivity contribution in [3.63, 3.8) is 0 Å². The van der Waals surface area contributed by atoms with Gasteiger partial charge in [-0.15, -0.1) is 10.2 Å². The number of nitrogens with one attached hydrogen (secondary N) is 2. The number of amides is 2. The molecule has 0 bridgehead atoms. The fourth-order valence-electron chi connectivity index (χ4n) is 16.4. The number of phenols is 1. The third kappa shape index (κ3) is 13.4. The van der Waals surface area contributed by atoms with Crippen molar-refractivity contribution < 1.29 is 24.9 Å². The number of aliphatic hydroxyl groups is 2. The van der Waals surface area contributed by atoms with Crippen molar-refractivity contribution >= 4 is 57.3 Å². The molecule has 0 radical (unpaired) electrons. The van der Waals surface area contributed by atoms with Gasteiger partial charge in [-0.25, -0.2) is 0 Å². The third-order valence-corrected chi connectivity index (χ3v) is 22.8. The molecule has 4 aliphatic heterocycles. The highest BCUT2D eigenvalue weighted by Crippen LogP contribution is 2.67. The van der Waals surface area contributed by atoms with Crippen LogP contribution in [0.1, 0.15) is 109 Å². The number of β-amino-alcohol motifs (C(OH)–C–C–N with tert-alkyl or cyclic N) is 1. The first kappa shape index (κ1) is 64.4. The number of carbonyl (C=O) groups is 2. The molecule has 2 saturated heterocycles. The average Bonchev–Trinajstić information content (AvgIpc) is 1.44. The number of hydrogen-bond donors (Lipinski definition) is 5. The van der Waals surface area contributed by atoms with E-state index in [1.54, 1.807) is 6.07 Å². The van der Waals surface area contributed by atoms with E-state index in [2.05, 4.69) is 105 Å². The number of hydrogen-bond acceptors (Lipinski definition) is 17. The zero-order valence-corrected chi connectivity index (χ0v) is 55.1. The molecule has 5 N–H and O–H groups in total. The Kier molecular flexibility index (Phi) is 20.1. The van der Waals surface area contributed by atoms with Crippen LogP contribution in [0.5, 0.6) is 5.75 Å². The maximum absolute atomic E-state index is 13.1. The standard InChI is InChI=1S/C50H65N11O4.C21H26ClN3OS/c1-3-61-47(63)41-8-4-7-40-39(13-14-42(46(40)41)48(61)64)44-32-59(55-53-44)29-27-57-23-5-19-52-22-26-58(24-6-20-51-21-25-57)28-30-60-33-45(54-56-60)50(65)18-16-43-38-11-9-34-31-35(62)10-12-36(34)37(38)15-17-49(43,50)2;22-17-6-7-21-19(16-17)25(18-4-1-2-5-20(18)27-21)9-3-8-23-10-12-24(13-11-23)14-15-26/h4,7-8,10,12-14,31-33,37-38,43,51-52,62,65H,3,5-6,9,11,15-30H2,1-2H3;1-2,4-7,16,26H,3,8-15H2/t37-,38-,43+,49+,50-;/m1./s1. The number of rotatable bonds is 15. The van der Waals surface area contributed by atoms with Gasteiger partial charge < -0.3 is 45.6 Å². The van der Waals surface area contributed by atoms with Crippen LogP contribution < -0.4 is 15.5 Å². The number of halogens is 1. The largest absolute Gasteiger partial charge is 0.508 e. The van der Waals surface area contributed by atoms with Crippen molar-refractivity contribution in [3.8, 4) is 17.0 Å². The minimum atomic E-state index is -0.976. The predicted octanol–water partition coefficient (Wildman–Crippen LogP) is 8.98. The van der Waals surface area contributed by atoms with Gasteiger partial charge in [0.15, 0.2) is 0 Å². The number of benzene rings is 5. The second kappa shape index (κ2) is 28.7. The van der Waals surface area contributed by atoms with Crippen molar-refractivity contribution in [2.45, 2.75) is 106 Å². The monoisotopic (exact) mass is 1290 g/mol. The fraction of sp³-hybridized carbons (Fsp3) is 0.521. The highest BCUT2D eigenvalue weighted by molar-refractivity contribution is 7.99. The number of carbonyl (C=O) groups excluding carboxylic acids is 2. The Balaban J connectivity index is 0.000000238. The van der Waals surface area contributed by atoms with Gasteiger partial charge in [0.2, 0.25) is 0 Å². The topological polar surface area (TPSA) is 200 Å². The van der Waals surface area contributed by atoms with Gasteiger partial charge in [-0.2, -0.15) is 0 Å². The van der Waals surface area contributed by atoms with Gasteiger partial charge in [0, 0.05) is 127 Å². The average molecular weight is 1290 g/mol. The molecule has 0 unspecified atom stereocenters. The number of piperazine rings is 1. The first-order valence-electron chi connectivity index (χ1n) is 33.9. The summed E-state index contributed by atoms with van der Waals surface area (Å²) in [4.78, 5) is 42.5. The van der Waals surface area contributed by atoms with Crippen LogP contribution in [0.3, 0.4) is 0 Å². The first-order valence-corrected chi connectivity index (χ1v) is 35.1. The maximum atomic E-state index is 13.1. The van der Waals surface area contributed by atoms with Crippen LogP contribution in [0.15, 0.2) is 113 Å². The summed E-state index contributed by atoms with van der Waals surface area (Å²) in [7, 11) is 0. The number of imide groups is 1. The lowest BCUT2D eigenvalue weighted by molar-refractivity contribution is -0.111. The minimum Gasteiger partial charge on any atom is -0.508 e. The summed E-state index contributed by atoms with van der Waals surface area (Å²) in [6.07, 6.45) is 13.1. The Morgan fingerprint density at radius 2 is 1.33 bits per heavy atom. The summed E-state index contributed by atoms with van der Waals surface area (Å²) in [5.41, 5.74) is 7.43. The lowest BCUT2D eigenvalue weighted by Gasteiger charge is -2.52. The van der Waals surface area contributed by atoms with Crippen LogP contribution in [0, 0.1) is 17.3 Å². The van der Waals surface area contributed by atoms with Crippen LogP contribution in [0.25, 0.3) is 22.0 Å². The second-order valence-corrected chi connectivity index (χ2v) is 28.1. The van der Waals surface area contributed by atoms with Crippen LogP contribution in [0.2, 0.25) is 5.02 Å². The zero-order chi connectivity index (χ0) is 63.3. The number of phenolic OH excluding ortho intramolecular Hbond substituents is 1. The zero-order valence-electron chi connectivity index (χ0n) is 53.6. The van der Waals surface area contributed by atoms with E-state index >= 15 is 0 Å². The van der Waals surface area contributed by atoms with E-state index in [-0.39, 0.29) is 23.8 Å². The van der Waals surface area contributed by atoms with E-state index in [1.807, 2.05) is 82.9 Å². The van der Waals surface area contributed by atoms with Gasteiger partial charge in [0.05, 0.1) is 43.5 Å². The molecule has 5 aromatic carbocycles. The molecule has 488 valence electrons. The molecular formula is C71H91ClN14O5S. The second-order valence-electron chi connectivity index (χ2n) is 26.6. The molecule has 6 heterocycles. The number of aromatic hydroxyl groups is 1. The van der Waals surface area contributed by atoms with Gasteiger partial charge in [0.25, 0.3) is 11.8 Å². The molecule has 4 fully saturated rings. The van der Waals surface area contributed by atoms with E-state index < -0.39 is 5.60 Å². The van der Waals surface area contributed by atoms with E-state index in [0.29, 0.717) is 53.1 Å². The number of fused-ring (bicyclic) bond motifs is 7. The summed E-state index contributed by atoms with van der Waals surface area (Å²) in [6.45, 7) is 22.7. The Labute approximate surface area is 550 Å². The quantitative estimate of drug-likeness (QED) is 0.0609. The molecular weight excluding hydrogens is 1200 g/mol. The maximum Gasteiger partial charge on any atom is 0.261 e. The highest BCUT2D eigenvalue weighted by Gasteiger charge is 2.63. The van der Waals surface area contributed by atoms with Crippen molar-refractivity contribution in [1.82, 2.24) is 65.1 Å². The molecule has 21 heteroatoms. The summed E-state index contributed by atoms with van der Waals surface area (Å²) in [5.74, 6) is 1.34. The number of nitrogens with zero attached hydrogens (tertiary/aromatic N) is 12. The van der Waals surface area contributed by atoms with Crippen LogP contribution in [-0.2, 0) is 25.1 Å². The van der Waals surface area contributed by atoms with E-state index in [0.717, 1.165) is 203 Å². The van der Waals surface area contributed by atoms with Crippen molar-refractivity contribution in [2.24, 2.45) is 17.3 Å². The van der Waals surface area contributed by atoms with Gasteiger partial charge in [-0.05, 0) is 186 Å². The minimum absolute atomic E-state index is 0.234. The molecule has 2 saturated carbocycles. The lowest BCUT2D eigenvalue weighted by Crippen LogP contribution is -2.49. The summed E-state index contributed by atoms with van der Waals surface area (Å²) in [6, 6.07) is 30.2. The van der Waals surface area contributed by atoms with Gasteiger partial charge in [0.1, 0.15) is 22.7 Å². The lowest BCUT2D eigenvalue weighted by atomic mass is 9.53. The van der Waals surface area contributed by atoms with Gasteiger partial charge in [-0.3, -0.25) is 28.8 Å². The molecule has 0 spiro atoms. The Morgan fingerprint density at radius 1 is 0.641 bits per heavy atom. The molecule has 2 amide bonds. The summed E-state index contributed by atoms with van der Waals surface area (Å²) < 4.78 is 3.85. The van der Waals surface area contributed by atoms with E-state index in [4.69, 9.17) is 16.7 Å². The smallest absolute Gasteiger partial charge is 0.261 e. The Bertz CT molecular complexity index is 3690. The van der Waals surface area contributed by atoms with Crippen LogP contribution in [0.4, 0.5) is 11.4 Å². The molecule has 7 aliphatic rings. The summed E-state index contributed by atoms with van der Waals surface area (Å²) >= 11 is 8.12. The third-order valence-electron chi connectivity index (χ3n) is 21.4. The van der Waals surface area contributed by atoms with Gasteiger partial charge >= 0.3 is 0 Å². The number of aromatic nitrogens is 6. The fourth-order valence-corrected chi connectivity index (χ4v) is 17.6. The predicted molar refractivity (Wildman–Crippen MR) is 362 cm³/mol. The molecule has 19 nitrogen and oxygen atoms in total. The van der Waals surface area contributed by atoms with Crippen LogP contribution in [-0.4, -0.2) is 206 Å². The Hall–Kier alpha value is -6.30. The number of anilines is 2. The highest BCUT2D eigenvalue weighted by atomic mass is 35.5. The van der Waals surface area contributed by atoms with Gasteiger partial charge in [-0.1, -0.05) is 77.1 Å². The summed E-state index contributed by atoms with van der Waals surface area (Å²) in [5, 5.41) is 59.7. The van der Waals surface area contributed by atoms with E-state index in [9.17, 15) is 19.8 Å². The van der Waals surface area contributed by atoms with Crippen molar-refractivity contribution in [2.75, 3.05) is 129 Å². The van der Waals surface area contributed by atoms with Crippen molar-refractivity contribution in [3.05, 3.63) is 136 Å². The molecule has 92 heavy (non-hydrogen) atoms. The number of aryl methyl sites for hydroxylation is 1. The number of aliphatic hydroxyl groups excluding tert-OH is 1. The molecule has 2 aromatic heterocycles. The molecule has 5 atom stereocenters. The van der Waals surface area contributed by atoms with Crippen molar-refractivity contribution in [1.29, 1.82) is 0 Å². The SMILES string of the molecule is CCN1C(=O)c2cccc3c(-c4cn(CCN5CCCNCCN(CCn6cc([C@]7(O)CC[C@H]8[C@@H]9CCc%10cc(O)ccc%10[C@H]9CC[C@@]87C)nn6)CCCNCC5)nn4)ccc(c23)C1=O.OCCN1CCN(CCCN2c3ccccc3Sc3ccc(Cl)cc32)CC1. The molecule has 14 rings (SSSR count). The number of para-hydroxylation sites is 1. The van der Waals surface area contributed by atoms with E-state index in [1.165, 1.54) is 37.2 Å². The molecule has 3 aliphatic carbocycles. The molecule has 7 aromatic rings. The Morgan fingerprint density at radius 3 is 2.08 bits per heavy atom. The van der Waals surface area contributed by atoms with Crippen LogP contribution >= 0.6 is 23.4 Å².